The van der Waals surface area contributed by atoms with Crippen LogP contribution in [0.1, 0.15) is 40.0 Å². The smallest absolute Gasteiger partial charge is 0.106 e. The molecule has 0 heterocycles. The summed E-state index contributed by atoms with van der Waals surface area (Å²) in [6, 6.07) is 0. The molecule has 1 nitrogen and oxygen atoms in total. The Labute approximate surface area is 88.2 Å². The molecule has 0 rings (SSSR count). The van der Waals surface area contributed by atoms with E-state index in [1.54, 1.807) is 6.08 Å². The largest absolute Gasteiger partial charge is 0.494 e. The summed E-state index contributed by atoms with van der Waals surface area (Å²) >= 11 is 0. The second-order valence-corrected chi connectivity index (χ2v) is 3.38. The molecule has 0 spiro atoms. The topological polar surface area (TPSA) is 9.23 Å². The maximum atomic E-state index is 5.42. The van der Waals surface area contributed by atoms with E-state index in [1.807, 2.05) is 6.92 Å². The standard InChI is InChI=1S/C13H22O/c1-5-7-8-9-10-12(3)13(4)14-11-6-2/h6,9-10H,2,5,7-8,11H2,1,3-4H3. The molecule has 0 aliphatic carbocycles. The van der Waals surface area contributed by atoms with Crippen molar-refractivity contribution in [3.63, 3.8) is 0 Å². The molecule has 1 heteroatoms. The molecule has 0 aromatic carbocycles. The van der Waals surface area contributed by atoms with Crippen molar-refractivity contribution in [2.45, 2.75) is 40.0 Å². The number of ether oxygens (including phenoxy) is 1. The van der Waals surface area contributed by atoms with E-state index in [9.17, 15) is 0 Å². The van der Waals surface area contributed by atoms with E-state index in [4.69, 9.17) is 4.74 Å². The van der Waals surface area contributed by atoms with Crippen LogP contribution in [0.2, 0.25) is 0 Å². The van der Waals surface area contributed by atoms with E-state index in [-0.39, 0.29) is 0 Å². The Morgan fingerprint density at radius 1 is 1.36 bits per heavy atom. The maximum Gasteiger partial charge on any atom is 0.106 e. The molecular weight excluding hydrogens is 172 g/mol. The van der Waals surface area contributed by atoms with Crippen molar-refractivity contribution < 1.29 is 4.74 Å². The molecule has 14 heavy (non-hydrogen) atoms. The van der Waals surface area contributed by atoms with Crippen LogP contribution in [0.3, 0.4) is 0 Å². The summed E-state index contributed by atoms with van der Waals surface area (Å²) in [6.07, 6.45) is 9.77. The minimum atomic E-state index is 0.589. The van der Waals surface area contributed by atoms with Crippen LogP contribution < -0.4 is 0 Å². The van der Waals surface area contributed by atoms with Crippen molar-refractivity contribution in [2.24, 2.45) is 0 Å². The highest BCUT2D eigenvalue weighted by Gasteiger charge is 1.92. The third-order valence-electron chi connectivity index (χ3n) is 2.07. The highest BCUT2D eigenvalue weighted by Crippen LogP contribution is 2.07. The number of hydrogen-bond donors (Lipinski definition) is 0. The summed E-state index contributed by atoms with van der Waals surface area (Å²) in [5, 5.41) is 0. The van der Waals surface area contributed by atoms with Crippen molar-refractivity contribution >= 4 is 0 Å². The Kier molecular flexibility index (Phi) is 8.01. The van der Waals surface area contributed by atoms with Crippen LogP contribution in [0.4, 0.5) is 0 Å². The Hall–Kier alpha value is -0.980. The van der Waals surface area contributed by atoms with Gasteiger partial charge in [-0.2, -0.15) is 0 Å². The monoisotopic (exact) mass is 194 g/mol. The average molecular weight is 194 g/mol. The van der Waals surface area contributed by atoms with E-state index in [2.05, 4.69) is 32.6 Å². The van der Waals surface area contributed by atoms with E-state index in [0.717, 1.165) is 12.2 Å². The normalized spacial score (nSPS) is 12.8. The van der Waals surface area contributed by atoms with E-state index in [1.165, 1.54) is 18.4 Å². The van der Waals surface area contributed by atoms with Crippen LogP contribution in [0, 0.1) is 0 Å². The van der Waals surface area contributed by atoms with Crippen molar-refractivity contribution in [1.29, 1.82) is 0 Å². The van der Waals surface area contributed by atoms with Gasteiger partial charge in [0.25, 0.3) is 0 Å². The third kappa shape index (κ3) is 6.53. The van der Waals surface area contributed by atoms with Crippen molar-refractivity contribution in [3.05, 3.63) is 36.1 Å². The third-order valence-corrected chi connectivity index (χ3v) is 2.07. The lowest BCUT2D eigenvalue weighted by Crippen LogP contribution is -1.90. The molecule has 0 aromatic rings. The molecule has 0 aliphatic rings. The second-order valence-electron chi connectivity index (χ2n) is 3.38. The predicted molar refractivity (Wildman–Crippen MR) is 63.2 cm³/mol. The Bertz CT molecular complexity index is 211. The first-order valence-corrected chi connectivity index (χ1v) is 5.30. The van der Waals surface area contributed by atoms with Crippen molar-refractivity contribution in [2.75, 3.05) is 6.61 Å². The molecule has 0 saturated heterocycles. The number of rotatable bonds is 7. The summed E-state index contributed by atoms with van der Waals surface area (Å²) in [5.41, 5.74) is 1.20. The lowest BCUT2D eigenvalue weighted by atomic mass is 10.2. The quantitative estimate of drug-likeness (QED) is 0.255. The van der Waals surface area contributed by atoms with E-state index < -0.39 is 0 Å². The summed E-state index contributed by atoms with van der Waals surface area (Å²) in [6.45, 7) is 10.5. The highest BCUT2D eigenvalue weighted by molar-refractivity contribution is 5.18. The van der Waals surface area contributed by atoms with Crippen molar-refractivity contribution in [1.82, 2.24) is 0 Å². The van der Waals surface area contributed by atoms with Crippen LogP contribution in [0.15, 0.2) is 36.1 Å². The number of allylic oxidation sites excluding steroid dienone is 4. The lowest BCUT2D eigenvalue weighted by molar-refractivity contribution is 0.247. The van der Waals surface area contributed by atoms with Gasteiger partial charge in [0, 0.05) is 0 Å². The SMILES string of the molecule is C=CCOC(C)=C(C)C=CCCCC. The molecule has 0 bridgehead atoms. The molecule has 0 amide bonds. The van der Waals surface area contributed by atoms with Crippen LogP contribution in [0.25, 0.3) is 0 Å². The molecule has 80 valence electrons. The van der Waals surface area contributed by atoms with Gasteiger partial charge in [0.15, 0.2) is 0 Å². The second kappa shape index (κ2) is 8.61. The molecule has 0 N–H and O–H groups in total. The van der Waals surface area contributed by atoms with Crippen LogP contribution in [0.5, 0.6) is 0 Å². The summed E-state index contributed by atoms with van der Waals surface area (Å²) in [5.74, 6) is 0.984. The van der Waals surface area contributed by atoms with E-state index >= 15 is 0 Å². The van der Waals surface area contributed by atoms with Gasteiger partial charge in [0.1, 0.15) is 6.61 Å². The molecule has 0 atom stereocenters. The van der Waals surface area contributed by atoms with Crippen LogP contribution in [-0.4, -0.2) is 6.61 Å². The molecule has 0 fully saturated rings. The molecular formula is C13H22O. The highest BCUT2D eigenvalue weighted by atomic mass is 16.5. The van der Waals surface area contributed by atoms with Gasteiger partial charge in [-0.1, -0.05) is 44.6 Å². The van der Waals surface area contributed by atoms with Gasteiger partial charge in [0.2, 0.25) is 0 Å². The zero-order valence-electron chi connectivity index (χ0n) is 9.68. The first-order chi connectivity index (χ1) is 6.72. The number of unbranched alkanes of at least 4 members (excludes halogenated alkanes) is 2. The number of hydrogen-bond acceptors (Lipinski definition) is 1. The first kappa shape index (κ1) is 13.0. The molecule has 0 saturated carbocycles. The summed E-state index contributed by atoms with van der Waals surface area (Å²) in [7, 11) is 0. The Morgan fingerprint density at radius 3 is 2.64 bits per heavy atom. The maximum absolute atomic E-state index is 5.42. The van der Waals surface area contributed by atoms with E-state index in [0.29, 0.717) is 6.61 Å². The van der Waals surface area contributed by atoms with Gasteiger partial charge in [-0.05, 0) is 25.8 Å². The predicted octanol–water partition coefficient (Wildman–Crippen LogP) is 4.23. The fraction of sp³-hybridized carbons (Fsp3) is 0.538. The minimum absolute atomic E-state index is 0.589. The zero-order chi connectivity index (χ0) is 10.8. The summed E-state index contributed by atoms with van der Waals surface area (Å²) < 4.78 is 5.42. The van der Waals surface area contributed by atoms with Gasteiger partial charge in [-0.15, -0.1) is 0 Å². The molecule has 0 aromatic heterocycles. The van der Waals surface area contributed by atoms with Gasteiger partial charge < -0.3 is 4.74 Å². The molecule has 0 radical (unpaired) electrons. The van der Waals surface area contributed by atoms with Gasteiger partial charge in [-0.3, -0.25) is 0 Å². The average Bonchev–Trinajstić information content (AvgIpc) is 2.20. The molecule has 0 unspecified atom stereocenters. The Balaban J connectivity index is 3.94. The van der Waals surface area contributed by atoms with Gasteiger partial charge >= 0.3 is 0 Å². The first-order valence-electron chi connectivity index (χ1n) is 5.30. The minimum Gasteiger partial charge on any atom is -0.494 e. The van der Waals surface area contributed by atoms with Crippen LogP contribution in [-0.2, 0) is 4.74 Å². The van der Waals surface area contributed by atoms with Crippen LogP contribution >= 0.6 is 0 Å². The zero-order valence-corrected chi connectivity index (χ0v) is 9.68. The lowest BCUT2D eigenvalue weighted by Gasteiger charge is -2.04. The fourth-order valence-electron chi connectivity index (χ4n) is 0.997. The fourth-order valence-corrected chi connectivity index (χ4v) is 0.997. The Morgan fingerprint density at radius 2 is 2.07 bits per heavy atom. The van der Waals surface area contributed by atoms with Gasteiger partial charge in [-0.25, -0.2) is 0 Å². The van der Waals surface area contributed by atoms with Crippen molar-refractivity contribution in [3.8, 4) is 0 Å². The van der Waals surface area contributed by atoms with Gasteiger partial charge in [0.05, 0.1) is 5.76 Å². The molecule has 0 aliphatic heterocycles. The summed E-state index contributed by atoms with van der Waals surface area (Å²) in [4.78, 5) is 0.